The molecule has 1 aliphatic heterocycles. The van der Waals surface area contributed by atoms with Gasteiger partial charge >= 0.3 is 5.97 Å². The van der Waals surface area contributed by atoms with E-state index in [1.54, 1.807) is 29.2 Å². The second kappa shape index (κ2) is 11.1. The molecule has 3 aromatic rings. The lowest BCUT2D eigenvalue weighted by Gasteiger charge is -2.33. The summed E-state index contributed by atoms with van der Waals surface area (Å²) in [5.41, 5.74) is 2.47. The first-order chi connectivity index (χ1) is 16.9. The number of benzene rings is 3. The number of nitrogens with one attached hydrogen (secondary N) is 2. The van der Waals surface area contributed by atoms with Crippen LogP contribution in [0.4, 0.5) is 0 Å². The SMILES string of the molecule is CC(NCC1CN(Cc2ccc(C(=O)NCC(=O)O)cc2)C(=O)CO1)c1cccc2ccccc12. The van der Waals surface area contributed by atoms with Crippen molar-refractivity contribution < 1.29 is 24.2 Å². The molecule has 2 unspecified atom stereocenters. The Kier molecular flexibility index (Phi) is 7.74. The van der Waals surface area contributed by atoms with Gasteiger partial charge in [0.25, 0.3) is 5.91 Å². The molecule has 8 heteroatoms. The van der Waals surface area contributed by atoms with E-state index < -0.39 is 18.4 Å². The first-order valence-electron chi connectivity index (χ1n) is 11.6. The number of morpholine rings is 1. The van der Waals surface area contributed by atoms with Crippen molar-refractivity contribution in [1.82, 2.24) is 15.5 Å². The van der Waals surface area contributed by atoms with Crippen LogP contribution in [0.3, 0.4) is 0 Å². The van der Waals surface area contributed by atoms with Gasteiger partial charge in [-0.1, -0.05) is 54.6 Å². The Labute approximate surface area is 203 Å². The minimum Gasteiger partial charge on any atom is -0.480 e. The van der Waals surface area contributed by atoms with Gasteiger partial charge in [-0.2, -0.15) is 0 Å². The van der Waals surface area contributed by atoms with E-state index in [0.29, 0.717) is 25.2 Å². The van der Waals surface area contributed by atoms with Crippen molar-refractivity contribution in [3.05, 3.63) is 83.4 Å². The van der Waals surface area contributed by atoms with E-state index in [2.05, 4.69) is 47.9 Å². The highest BCUT2D eigenvalue weighted by molar-refractivity contribution is 5.95. The average Bonchev–Trinajstić information content (AvgIpc) is 2.87. The highest BCUT2D eigenvalue weighted by atomic mass is 16.5. The summed E-state index contributed by atoms with van der Waals surface area (Å²) in [6.07, 6.45) is -0.133. The largest absolute Gasteiger partial charge is 0.480 e. The lowest BCUT2D eigenvalue weighted by molar-refractivity contribution is -0.149. The van der Waals surface area contributed by atoms with E-state index >= 15 is 0 Å². The fourth-order valence-corrected chi connectivity index (χ4v) is 4.24. The van der Waals surface area contributed by atoms with Gasteiger partial charge in [-0.25, -0.2) is 0 Å². The van der Waals surface area contributed by atoms with Crippen LogP contribution >= 0.6 is 0 Å². The number of amides is 2. The van der Waals surface area contributed by atoms with Gasteiger partial charge in [0.05, 0.1) is 6.10 Å². The summed E-state index contributed by atoms with van der Waals surface area (Å²) in [7, 11) is 0. The first-order valence-corrected chi connectivity index (χ1v) is 11.6. The minimum atomic E-state index is -1.10. The van der Waals surface area contributed by atoms with E-state index in [4.69, 9.17) is 9.84 Å². The number of fused-ring (bicyclic) bond motifs is 1. The number of ether oxygens (including phenoxy) is 1. The number of carbonyl (C=O) groups is 3. The second-order valence-electron chi connectivity index (χ2n) is 8.68. The zero-order valence-electron chi connectivity index (χ0n) is 19.6. The van der Waals surface area contributed by atoms with Crippen LogP contribution in [0.2, 0.25) is 0 Å². The fourth-order valence-electron chi connectivity index (χ4n) is 4.24. The Morgan fingerprint density at radius 3 is 2.60 bits per heavy atom. The highest BCUT2D eigenvalue weighted by Crippen LogP contribution is 2.24. The van der Waals surface area contributed by atoms with Crippen molar-refractivity contribution in [3.63, 3.8) is 0 Å². The maximum Gasteiger partial charge on any atom is 0.322 e. The molecular weight excluding hydrogens is 446 g/mol. The zero-order valence-corrected chi connectivity index (χ0v) is 19.6. The number of carbonyl (C=O) groups excluding carboxylic acids is 2. The van der Waals surface area contributed by atoms with Crippen molar-refractivity contribution in [2.45, 2.75) is 25.6 Å². The van der Waals surface area contributed by atoms with Gasteiger partial charge < -0.3 is 25.4 Å². The number of rotatable bonds is 9. The summed E-state index contributed by atoms with van der Waals surface area (Å²) in [6.45, 7) is 3.21. The van der Waals surface area contributed by atoms with Gasteiger partial charge in [-0.05, 0) is 41.0 Å². The molecule has 1 aliphatic rings. The molecule has 8 nitrogen and oxygen atoms in total. The molecule has 35 heavy (non-hydrogen) atoms. The Balaban J connectivity index is 1.32. The number of carboxylic acids is 1. The number of hydrogen-bond acceptors (Lipinski definition) is 5. The van der Waals surface area contributed by atoms with E-state index in [0.717, 1.165) is 5.56 Å². The number of hydrogen-bond donors (Lipinski definition) is 3. The summed E-state index contributed by atoms with van der Waals surface area (Å²) >= 11 is 0. The molecule has 3 N–H and O–H groups in total. The molecule has 3 aromatic carbocycles. The molecule has 0 spiro atoms. The van der Waals surface area contributed by atoms with Crippen LogP contribution in [0, 0.1) is 0 Å². The van der Waals surface area contributed by atoms with Crippen LogP contribution in [0.25, 0.3) is 10.8 Å². The monoisotopic (exact) mass is 475 g/mol. The van der Waals surface area contributed by atoms with Crippen molar-refractivity contribution in [1.29, 1.82) is 0 Å². The van der Waals surface area contributed by atoms with E-state index in [9.17, 15) is 14.4 Å². The number of aliphatic carboxylic acids is 1. The van der Waals surface area contributed by atoms with Crippen molar-refractivity contribution in [2.75, 3.05) is 26.2 Å². The topological polar surface area (TPSA) is 108 Å². The molecule has 0 radical (unpaired) electrons. The molecule has 1 fully saturated rings. The molecule has 4 rings (SSSR count). The van der Waals surface area contributed by atoms with Gasteiger partial charge in [-0.3, -0.25) is 14.4 Å². The molecule has 182 valence electrons. The lowest BCUT2D eigenvalue weighted by Crippen LogP contribution is -2.49. The van der Waals surface area contributed by atoms with Crippen LogP contribution in [-0.4, -0.2) is 60.1 Å². The number of carboxylic acid groups (broad SMARTS) is 1. The Hall–Kier alpha value is -3.75. The van der Waals surface area contributed by atoms with Crippen LogP contribution in [0.1, 0.15) is 34.5 Å². The fraction of sp³-hybridized carbons (Fsp3) is 0.296. The van der Waals surface area contributed by atoms with E-state index in [-0.39, 0.29) is 24.7 Å². The predicted octanol–water partition coefficient (Wildman–Crippen LogP) is 2.73. The smallest absolute Gasteiger partial charge is 0.322 e. The van der Waals surface area contributed by atoms with Crippen LogP contribution < -0.4 is 10.6 Å². The van der Waals surface area contributed by atoms with Crippen LogP contribution in [-0.2, 0) is 20.9 Å². The van der Waals surface area contributed by atoms with Gasteiger partial charge in [0.15, 0.2) is 0 Å². The van der Waals surface area contributed by atoms with Crippen molar-refractivity contribution in [3.8, 4) is 0 Å². The lowest BCUT2D eigenvalue weighted by atomic mass is 9.99. The van der Waals surface area contributed by atoms with Gasteiger partial charge in [0, 0.05) is 31.2 Å². The molecule has 0 saturated carbocycles. The van der Waals surface area contributed by atoms with E-state index in [1.165, 1.54) is 16.3 Å². The summed E-state index contributed by atoms with van der Waals surface area (Å²) in [4.78, 5) is 36.8. The Morgan fingerprint density at radius 2 is 1.83 bits per heavy atom. The van der Waals surface area contributed by atoms with Crippen LogP contribution in [0.5, 0.6) is 0 Å². The van der Waals surface area contributed by atoms with E-state index in [1.807, 2.05) is 12.1 Å². The molecule has 2 atom stereocenters. The Morgan fingerprint density at radius 1 is 1.09 bits per heavy atom. The molecule has 0 bridgehead atoms. The molecule has 0 aromatic heterocycles. The van der Waals surface area contributed by atoms with Gasteiger partial charge in [0.2, 0.25) is 5.91 Å². The third kappa shape index (κ3) is 6.23. The minimum absolute atomic E-state index is 0.0324. The summed E-state index contributed by atoms with van der Waals surface area (Å²) in [6, 6.07) is 21.5. The second-order valence-corrected chi connectivity index (χ2v) is 8.68. The molecule has 1 heterocycles. The third-order valence-electron chi connectivity index (χ3n) is 6.15. The quantitative estimate of drug-likeness (QED) is 0.439. The first kappa shape index (κ1) is 24.4. The van der Waals surface area contributed by atoms with Crippen LogP contribution in [0.15, 0.2) is 66.7 Å². The summed E-state index contributed by atoms with van der Waals surface area (Å²) < 4.78 is 5.77. The molecule has 0 aliphatic carbocycles. The van der Waals surface area contributed by atoms with Crippen molar-refractivity contribution >= 4 is 28.6 Å². The Bertz CT molecular complexity index is 1210. The standard InChI is InChI=1S/C27H29N3O5/c1-18(23-8-4-6-20-5-2-3-7-24(20)23)28-13-22-16-30(25(31)17-35-22)15-19-9-11-21(12-10-19)27(34)29-14-26(32)33/h2-12,18,22,28H,13-17H2,1H3,(H,29,34)(H,32,33). The molecule has 1 saturated heterocycles. The average molecular weight is 476 g/mol. The normalized spacial score (nSPS) is 16.8. The zero-order chi connectivity index (χ0) is 24.8. The highest BCUT2D eigenvalue weighted by Gasteiger charge is 2.26. The molecule has 2 amide bonds. The summed E-state index contributed by atoms with van der Waals surface area (Å²) in [5, 5.41) is 17.0. The van der Waals surface area contributed by atoms with Crippen molar-refractivity contribution in [2.24, 2.45) is 0 Å². The molecular formula is C27H29N3O5. The third-order valence-corrected chi connectivity index (χ3v) is 6.15. The number of nitrogens with zero attached hydrogens (tertiary/aromatic N) is 1. The summed E-state index contributed by atoms with van der Waals surface area (Å²) in [5.74, 6) is -1.63. The predicted molar refractivity (Wildman–Crippen MR) is 132 cm³/mol. The maximum atomic E-state index is 12.4. The maximum absolute atomic E-state index is 12.4. The van der Waals surface area contributed by atoms with Gasteiger partial charge in [-0.15, -0.1) is 0 Å². The van der Waals surface area contributed by atoms with Gasteiger partial charge in [0.1, 0.15) is 13.2 Å².